The molecule has 1 rings (SSSR count). The minimum absolute atomic E-state index is 0.458. The lowest BCUT2D eigenvalue weighted by Gasteiger charge is -2.35. The summed E-state index contributed by atoms with van der Waals surface area (Å²) < 4.78 is 12.1. The highest BCUT2D eigenvalue weighted by Crippen LogP contribution is 2.10. The van der Waals surface area contributed by atoms with Gasteiger partial charge >= 0.3 is 0 Å². The molecule has 1 N–H and O–H groups in total. The molecule has 0 atom stereocenters. The highest BCUT2D eigenvalue weighted by molar-refractivity contribution is 7.80. The molecule has 0 unspecified atom stereocenters. The lowest BCUT2D eigenvalue weighted by molar-refractivity contribution is 0.130. The molecule has 0 spiro atoms. The Labute approximate surface area is 59.0 Å². The van der Waals surface area contributed by atoms with Crippen LogP contribution in [0.1, 0.15) is 0 Å². The summed E-state index contributed by atoms with van der Waals surface area (Å²) >= 11 is 4.83. The minimum atomic E-state index is -0.670. The first-order valence-electron chi connectivity index (χ1n) is 2.84. The van der Waals surface area contributed by atoms with Gasteiger partial charge in [-0.15, -0.1) is 0 Å². The van der Waals surface area contributed by atoms with Crippen LogP contribution in [-0.4, -0.2) is 36.3 Å². The molecular weight excluding hydrogens is 139 g/mol. The minimum Gasteiger partial charge on any atom is -0.366 e. The molecule has 0 radical (unpaired) electrons. The fourth-order valence-electron chi connectivity index (χ4n) is 0.749. The molecule has 1 heterocycles. The molecule has 0 aromatic rings. The molecule has 2 nitrogen and oxygen atoms in total. The van der Waals surface area contributed by atoms with Crippen molar-refractivity contribution < 1.29 is 4.39 Å². The van der Waals surface area contributed by atoms with Gasteiger partial charge in [-0.05, 0) is 12.2 Å². The van der Waals surface area contributed by atoms with Gasteiger partial charge in [0.05, 0.1) is 13.1 Å². The average molecular weight is 148 g/mol. The van der Waals surface area contributed by atoms with Crippen LogP contribution in [-0.2, 0) is 0 Å². The summed E-state index contributed by atoms with van der Waals surface area (Å²) in [5.74, 6) is 0. The summed E-state index contributed by atoms with van der Waals surface area (Å²) in [5.41, 5.74) is 0. The predicted octanol–water partition coefficient (Wildman–Crippen LogP) is 0.144. The van der Waals surface area contributed by atoms with Crippen molar-refractivity contribution in [1.82, 2.24) is 10.2 Å². The number of nitrogens with zero attached hydrogens (tertiary/aromatic N) is 1. The van der Waals surface area contributed by atoms with Crippen LogP contribution in [0.3, 0.4) is 0 Å². The van der Waals surface area contributed by atoms with Crippen LogP contribution in [0.4, 0.5) is 4.39 Å². The molecule has 0 bridgehead atoms. The summed E-state index contributed by atoms with van der Waals surface area (Å²) in [6, 6.07) is 0. The fraction of sp³-hybridized carbons (Fsp3) is 0.800. The largest absolute Gasteiger partial charge is 0.366 e. The van der Waals surface area contributed by atoms with E-state index in [9.17, 15) is 4.39 Å². The second kappa shape index (κ2) is 2.47. The second-order valence-electron chi connectivity index (χ2n) is 2.06. The standard InChI is InChI=1S/C5H9FN2S/c1-7-5(9)8-2-4(6)3-8/h4H,2-3H2,1H3,(H,7,9). The topological polar surface area (TPSA) is 15.3 Å². The second-order valence-corrected chi connectivity index (χ2v) is 2.44. The number of hydrogen-bond acceptors (Lipinski definition) is 1. The third-order valence-corrected chi connectivity index (χ3v) is 1.80. The van der Waals surface area contributed by atoms with E-state index in [0.717, 1.165) is 0 Å². The van der Waals surface area contributed by atoms with E-state index < -0.39 is 6.17 Å². The van der Waals surface area contributed by atoms with E-state index in [4.69, 9.17) is 12.2 Å². The van der Waals surface area contributed by atoms with E-state index in [-0.39, 0.29) is 0 Å². The predicted molar refractivity (Wildman–Crippen MR) is 38.1 cm³/mol. The monoisotopic (exact) mass is 148 g/mol. The Hall–Kier alpha value is -0.380. The number of alkyl halides is 1. The van der Waals surface area contributed by atoms with Crippen molar-refractivity contribution in [3.05, 3.63) is 0 Å². The molecule has 0 aromatic carbocycles. The van der Waals surface area contributed by atoms with Crippen LogP contribution < -0.4 is 5.32 Å². The maximum absolute atomic E-state index is 12.1. The van der Waals surface area contributed by atoms with E-state index in [2.05, 4.69) is 5.32 Å². The van der Waals surface area contributed by atoms with E-state index in [1.54, 1.807) is 11.9 Å². The Morgan fingerprint density at radius 2 is 2.33 bits per heavy atom. The van der Waals surface area contributed by atoms with Crippen LogP contribution in [0.15, 0.2) is 0 Å². The van der Waals surface area contributed by atoms with Crippen LogP contribution in [0, 0.1) is 0 Å². The van der Waals surface area contributed by atoms with Gasteiger partial charge in [0, 0.05) is 7.05 Å². The van der Waals surface area contributed by atoms with Crippen LogP contribution in [0.2, 0.25) is 0 Å². The van der Waals surface area contributed by atoms with Crippen molar-refractivity contribution in [2.45, 2.75) is 6.17 Å². The fourth-order valence-corrected chi connectivity index (χ4v) is 0.898. The van der Waals surface area contributed by atoms with Gasteiger partial charge in [0.25, 0.3) is 0 Å². The van der Waals surface area contributed by atoms with Gasteiger partial charge in [-0.1, -0.05) is 0 Å². The molecule has 0 saturated carbocycles. The van der Waals surface area contributed by atoms with Crippen molar-refractivity contribution in [3.8, 4) is 0 Å². The molecule has 9 heavy (non-hydrogen) atoms. The van der Waals surface area contributed by atoms with E-state index in [0.29, 0.717) is 18.2 Å². The first-order chi connectivity index (χ1) is 4.24. The molecule has 0 aromatic heterocycles. The van der Waals surface area contributed by atoms with E-state index in [1.807, 2.05) is 0 Å². The summed E-state index contributed by atoms with van der Waals surface area (Å²) in [5, 5.41) is 3.42. The van der Waals surface area contributed by atoms with Crippen molar-refractivity contribution in [2.24, 2.45) is 0 Å². The third kappa shape index (κ3) is 1.30. The summed E-state index contributed by atoms with van der Waals surface area (Å²) in [6.07, 6.45) is -0.670. The highest BCUT2D eigenvalue weighted by Gasteiger charge is 2.27. The molecule has 1 aliphatic heterocycles. The molecular formula is C5H9FN2S. The van der Waals surface area contributed by atoms with Crippen molar-refractivity contribution >= 4 is 17.3 Å². The van der Waals surface area contributed by atoms with Gasteiger partial charge in [0.1, 0.15) is 6.17 Å². The number of rotatable bonds is 0. The molecule has 1 aliphatic rings. The van der Waals surface area contributed by atoms with Crippen LogP contribution in [0.25, 0.3) is 0 Å². The smallest absolute Gasteiger partial charge is 0.168 e. The van der Waals surface area contributed by atoms with Crippen LogP contribution >= 0.6 is 12.2 Å². The lowest BCUT2D eigenvalue weighted by Crippen LogP contribution is -2.54. The number of halogens is 1. The molecule has 1 fully saturated rings. The summed E-state index contributed by atoms with van der Waals surface area (Å²) in [4.78, 5) is 1.79. The number of likely N-dealkylation sites (tertiary alicyclic amines) is 1. The summed E-state index contributed by atoms with van der Waals surface area (Å²) in [6.45, 7) is 0.916. The highest BCUT2D eigenvalue weighted by atomic mass is 32.1. The quantitative estimate of drug-likeness (QED) is 0.492. The lowest BCUT2D eigenvalue weighted by atomic mass is 10.2. The normalized spacial score (nSPS) is 19.1. The Morgan fingerprint density at radius 1 is 1.78 bits per heavy atom. The zero-order valence-electron chi connectivity index (χ0n) is 5.22. The Balaban J connectivity index is 2.23. The van der Waals surface area contributed by atoms with Crippen molar-refractivity contribution in [3.63, 3.8) is 0 Å². The maximum Gasteiger partial charge on any atom is 0.168 e. The molecule has 0 aliphatic carbocycles. The molecule has 52 valence electrons. The number of nitrogens with one attached hydrogen (secondary N) is 1. The number of thiocarbonyl (C=S) groups is 1. The first-order valence-corrected chi connectivity index (χ1v) is 3.25. The van der Waals surface area contributed by atoms with Gasteiger partial charge in [0.2, 0.25) is 0 Å². The third-order valence-electron chi connectivity index (χ3n) is 1.34. The SMILES string of the molecule is CNC(=S)N1CC(F)C1. The Morgan fingerprint density at radius 3 is 2.67 bits per heavy atom. The molecule has 1 saturated heterocycles. The van der Waals surface area contributed by atoms with E-state index >= 15 is 0 Å². The Kier molecular flexibility index (Phi) is 1.85. The zero-order chi connectivity index (χ0) is 6.85. The average Bonchev–Trinajstić information content (AvgIpc) is 1.79. The van der Waals surface area contributed by atoms with Crippen molar-refractivity contribution in [2.75, 3.05) is 20.1 Å². The van der Waals surface area contributed by atoms with Crippen LogP contribution in [0.5, 0.6) is 0 Å². The number of hydrogen-bond donors (Lipinski definition) is 1. The maximum atomic E-state index is 12.1. The summed E-state index contributed by atoms with van der Waals surface area (Å²) in [7, 11) is 1.74. The zero-order valence-corrected chi connectivity index (χ0v) is 6.04. The van der Waals surface area contributed by atoms with Gasteiger partial charge in [0.15, 0.2) is 5.11 Å². The molecule has 0 amide bonds. The Bertz CT molecular complexity index is 122. The van der Waals surface area contributed by atoms with Gasteiger partial charge in [-0.2, -0.15) is 0 Å². The van der Waals surface area contributed by atoms with Gasteiger partial charge < -0.3 is 10.2 Å². The van der Waals surface area contributed by atoms with Crippen molar-refractivity contribution in [1.29, 1.82) is 0 Å². The first kappa shape index (κ1) is 6.74. The van der Waals surface area contributed by atoms with Gasteiger partial charge in [-0.25, -0.2) is 4.39 Å². The molecule has 4 heteroatoms. The van der Waals surface area contributed by atoms with E-state index in [1.165, 1.54) is 0 Å². The van der Waals surface area contributed by atoms with Gasteiger partial charge in [-0.3, -0.25) is 0 Å².